The van der Waals surface area contributed by atoms with E-state index in [0.29, 0.717) is 23.1 Å². The average Bonchev–Trinajstić information content (AvgIpc) is 2.65. The molecular weight excluding hydrogens is 320 g/mol. The summed E-state index contributed by atoms with van der Waals surface area (Å²) in [6.07, 6.45) is 3.82. The molecule has 0 aliphatic heterocycles. The quantitative estimate of drug-likeness (QED) is 0.745. The van der Waals surface area contributed by atoms with Crippen molar-refractivity contribution in [3.8, 4) is 17.2 Å². The number of methoxy groups -OCH3 is 3. The van der Waals surface area contributed by atoms with Gasteiger partial charge in [-0.05, 0) is 6.42 Å². The van der Waals surface area contributed by atoms with E-state index in [1.165, 1.54) is 0 Å². The highest BCUT2D eigenvalue weighted by atomic mass is 16.5. The Balaban J connectivity index is 2.24. The molecule has 1 N–H and O–H groups in total. The molecular formula is C18H26N4O3. The zero-order valence-electron chi connectivity index (χ0n) is 15.5. The van der Waals surface area contributed by atoms with Crippen LogP contribution in [-0.4, -0.2) is 44.9 Å². The van der Waals surface area contributed by atoms with Gasteiger partial charge in [0.25, 0.3) is 0 Å². The van der Waals surface area contributed by atoms with E-state index >= 15 is 0 Å². The molecule has 25 heavy (non-hydrogen) atoms. The van der Waals surface area contributed by atoms with Crippen molar-refractivity contribution < 1.29 is 14.2 Å². The first kappa shape index (κ1) is 18.6. The summed E-state index contributed by atoms with van der Waals surface area (Å²) >= 11 is 0. The number of nitrogens with one attached hydrogen (secondary N) is 1. The minimum atomic E-state index is 0.554. The lowest BCUT2D eigenvalue weighted by Gasteiger charge is -2.18. The third-order valence-electron chi connectivity index (χ3n) is 3.83. The van der Waals surface area contributed by atoms with Gasteiger partial charge in [0.05, 0.1) is 21.3 Å². The standard InChI is InChI=1S/C18H26N4O3/c1-6-7-8-22(2)17-11-16(19-12-20-17)21-13-9-14(23-3)18(25-5)15(10-13)24-4/h9-12H,6-8H2,1-5H3,(H,19,20,21). The molecule has 0 radical (unpaired) electrons. The first-order valence-corrected chi connectivity index (χ1v) is 8.23. The maximum atomic E-state index is 5.38. The van der Waals surface area contributed by atoms with Gasteiger partial charge < -0.3 is 24.4 Å². The molecule has 0 fully saturated rings. The van der Waals surface area contributed by atoms with E-state index in [2.05, 4.69) is 27.1 Å². The summed E-state index contributed by atoms with van der Waals surface area (Å²) in [4.78, 5) is 10.7. The van der Waals surface area contributed by atoms with Crippen LogP contribution in [0.1, 0.15) is 19.8 Å². The second-order valence-electron chi connectivity index (χ2n) is 5.58. The Morgan fingerprint density at radius 3 is 2.24 bits per heavy atom. The van der Waals surface area contributed by atoms with Gasteiger partial charge in [-0.25, -0.2) is 9.97 Å². The van der Waals surface area contributed by atoms with Crippen LogP contribution in [0.4, 0.5) is 17.3 Å². The molecule has 2 aromatic rings. The van der Waals surface area contributed by atoms with E-state index in [9.17, 15) is 0 Å². The summed E-state index contributed by atoms with van der Waals surface area (Å²) in [7, 11) is 6.79. The van der Waals surface area contributed by atoms with Crippen LogP contribution in [0.15, 0.2) is 24.5 Å². The Hall–Kier alpha value is -2.70. The predicted octanol–water partition coefficient (Wildman–Crippen LogP) is 3.48. The molecule has 7 heteroatoms. The number of aromatic nitrogens is 2. The van der Waals surface area contributed by atoms with Crippen molar-refractivity contribution in [3.63, 3.8) is 0 Å². The molecule has 0 saturated carbocycles. The summed E-state index contributed by atoms with van der Waals surface area (Å²) in [6, 6.07) is 5.59. The molecule has 7 nitrogen and oxygen atoms in total. The van der Waals surface area contributed by atoms with Gasteiger partial charge in [-0.15, -0.1) is 0 Å². The smallest absolute Gasteiger partial charge is 0.203 e. The summed E-state index contributed by atoms with van der Waals surface area (Å²) in [5.74, 6) is 3.29. The van der Waals surface area contributed by atoms with E-state index in [-0.39, 0.29) is 0 Å². The molecule has 136 valence electrons. The number of rotatable bonds is 9. The minimum Gasteiger partial charge on any atom is -0.493 e. The molecule has 0 saturated heterocycles. The Bertz CT molecular complexity index is 669. The Morgan fingerprint density at radius 1 is 1.00 bits per heavy atom. The topological polar surface area (TPSA) is 68.7 Å². The SMILES string of the molecule is CCCCN(C)c1cc(Nc2cc(OC)c(OC)c(OC)c2)ncn1. The fourth-order valence-electron chi connectivity index (χ4n) is 2.44. The minimum absolute atomic E-state index is 0.554. The molecule has 2 rings (SSSR count). The summed E-state index contributed by atoms with van der Waals surface area (Å²) in [5.41, 5.74) is 0.787. The van der Waals surface area contributed by atoms with Gasteiger partial charge in [-0.1, -0.05) is 13.3 Å². The lowest BCUT2D eigenvalue weighted by Crippen LogP contribution is -2.19. The number of anilines is 3. The third kappa shape index (κ3) is 4.65. The van der Waals surface area contributed by atoms with Crippen molar-refractivity contribution in [1.82, 2.24) is 9.97 Å². The highest BCUT2D eigenvalue weighted by Gasteiger charge is 2.14. The molecule has 1 aromatic heterocycles. The maximum absolute atomic E-state index is 5.38. The average molecular weight is 346 g/mol. The van der Waals surface area contributed by atoms with Crippen molar-refractivity contribution >= 4 is 17.3 Å². The lowest BCUT2D eigenvalue weighted by molar-refractivity contribution is 0.324. The van der Waals surface area contributed by atoms with E-state index in [4.69, 9.17) is 14.2 Å². The van der Waals surface area contributed by atoms with Crippen molar-refractivity contribution in [2.24, 2.45) is 0 Å². The number of unbranched alkanes of at least 4 members (excludes halogenated alkanes) is 1. The van der Waals surface area contributed by atoms with E-state index in [0.717, 1.165) is 30.9 Å². The second kappa shape index (κ2) is 8.96. The molecule has 1 heterocycles. The molecule has 0 amide bonds. The largest absolute Gasteiger partial charge is 0.493 e. The molecule has 0 aliphatic rings. The van der Waals surface area contributed by atoms with Crippen molar-refractivity contribution in [3.05, 3.63) is 24.5 Å². The Labute approximate surface area is 148 Å². The van der Waals surface area contributed by atoms with Gasteiger partial charge in [0.15, 0.2) is 11.5 Å². The molecule has 0 aliphatic carbocycles. The van der Waals surface area contributed by atoms with Crippen LogP contribution in [0.25, 0.3) is 0 Å². The summed E-state index contributed by atoms with van der Waals surface area (Å²) < 4.78 is 16.1. The van der Waals surface area contributed by atoms with Gasteiger partial charge in [-0.2, -0.15) is 0 Å². The van der Waals surface area contributed by atoms with Gasteiger partial charge in [-0.3, -0.25) is 0 Å². The number of ether oxygens (including phenoxy) is 3. The van der Waals surface area contributed by atoms with Crippen LogP contribution in [0.3, 0.4) is 0 Å². The monoisotopic (exact) mass is 346 g/mol. The van der Waals surface area contributed by atoms with Crippen molar-refractivity contribution in [2.75, 3.05) is 45.1 Å². The first-order valence-electron chi connectivity index (χ1n) is 8.23. The van der Waals surface area contributed by atoms with Gasteiger partial charge in [0.2, 0.25) is 5.75 Å². The van der Waals surface area contributed by atoms with Crippen LogP contribution in [0.5, 0.6) is 17.2 Å². The second-order valence-corrected chi connectivity index (χ2v) is 5.58. The van der Waals surface area contributed by atoms with Gasteiger partial charge >= 0.3 is 0 Å². The van der Waals surface area contributed by atoms with Crippen LogP contribution < -0.4 is 24.4 Å². The van der Waals surface area contributed by atoms with Crippen molar-refractivity contribution in [2.45, 2.75) is 19.8 Å². The Kier molecular flexibility index (Phi) is 6.68. The zero-order chi connectivity index (χ0) is 18.2. The number of benzene rings is 1. The van der Waals surface area contributed by atoms with E-state index in [1.54, 1.807) is 27.7 Å². The van der Waals surface area contributed by atoms with Crippen LogP contribution in [0.2, 0.25) is 0 Å². The molecule has 0 bridgehead atoms. The predicted molar refractivity (Wildman–Crippen MR) is 99.6 cm³/mol. The molecule has 0 spiro atoms. The molecule has 1 aromatic carbocycles. The lowest BCUT2D eigenvalue weighted by atomic mass is 10.2. The Morgan fingerprint density at radius 2 is 1.68 bits per heavy atom. The summed E-state index contributed by atoms with van der Waals surface area (Å²) in [5, 5.41) is 3.26. The summed E-state index contributed by atoms with van der Waals surface area (Å²) in [6.45, 7) is 3.13. The first-order chi connectivity index (χ1) is 12.1. The number of hydrogen-bond acceptors (Lipinski definition) is 7. The maximum Gasteiger partial charge on any atom is 0.203 e. The highest BCUT2D eigenvalue weighted by molar-refractivity contribution is 5.67. The fraction of sp³-hybridized carbons (Fsp3) is 0.444. The number of nitrogens with zero attached hydrogens (tertiary/aromatic N) is 3. The van der Waals surface area contributed by atoms with E-state index < -0.39 is 0 Å². The fourth-order valence-corrected chi connectivity index (χ4v) is 2.44. The highest BCUT2D eigenvalue weighted by Crippen LogP contribution is 2.40. The normalized spacial score (nSPS) is 10.3. The third-order valence-corrected chi connectivity index (χ3v) is 3.83. The van der Waals surface area contributed by atoms with Crippen molar-refractivity contribution in [1.29, 1.82) is 0 Å². The van der Waals surface area contributed by atoms with Crippen LogP contribution in [0, 0.1) is 0 Å². The van der Waals surface area contributed by atoms with Crippen LogP contribution in [-0.2, 0) is 0 Å². The zero-order valence-corrected chi connectivity index (χ0v) is 15.5. The van der Waals surface area contributed by atoms with Gasteiger partial charge in [0.1, 0.15) is 18.0 Å². The molecule has 0 atom stereocenters. The number of hydrogen-bond donors (Lipinski definition) is 1. The molecule has 0 unspecified atom stereocenters. The van der Waals surface area contributed by atoms with Crippen LogP contribution >= 0.6 is 0 Å². The van der Waals surface area contributed by atoms with Gasteiger partial charge in [0, 0.05) is 37.5 Å². The van der Waals surface area contributed by atoms with E-state index in [1.807, 2.05) is 25.2 Å².